The summed E-state index contributed by atoms with van der Waals surface area (Å²) >= 11 is 0. The predicted octanol–water partition coefficient (Wildman–Crippen LogP) is 2.30. The third kappa shape index (κ3) is 3.22. The largest absolute Gasteiger partial charge is 0.324 e. The second kappa shape index (κ2) is 5.94. The molecule has 21 heavy (non-hydrogen) atoms. The Hall–Kier alpha value is -1.11. The van der Waals surface area contributed by atoms with Crippen molar-refractivity contribution >= 4 is 15.7 Å². The van der Waals surface area contributed by atoms with E-state index in [2.05, 4.69) is 24.0 Å². The number of nitrogen functional groups attached to an aromatic ring is 1. The zero-order valence-corrected chi connectivity index (χ0v) is 13.9. The molecule has 1 aromatic carbocycles. The van der Waals surface area contributed by atoms with Crippen LogP contribution in [0.25, 0.3) is 0 Å². The molecule has 5 nitrogen and oxygen atoms in total. The van der Waals surface area contributed by atoms with Crippen LogP contribution in [0, 0.1) is 25.7 Å². The van der Waals surface area contributed by atoms with Gasteiger partial charge < -0.3 is 5.43 Å². The van der Waals surface area contributed by atoms with Crippen molar-refractivity contribution in [3.05, 3.63) is 23.3 Å². The Morgan fingerprint density at radius 3 is 2.14 bits per heavy atom. The van der Waals surface area contributed by atoms with Gasteiger partial charge >= 0.3 is 0 Å². The Morgan fingerprint density at radius 1 is 1.14 bits per heavy atom. The van der Waals surface area contributed by atoms with Gasteiger partial charge in [-0.05, 0) is 61.8 Å². The summed E-state index contributed by atoms with van der Waals surface area (Å²) < 4.78 is 28.3. The number of hydrazine groups is 1. The molecular formula is C15H25N3O2S. The van der Waals surface area contributed by atoms with Gasteiger partial charge in [0.2, 0.25) is 10.0 Å². The van der Waals surface area contributed by atoms with Gasteiger partial charge in [-0.15, -0.1) is 0 Å². The van der Waals surface area contributed by atoms with Crippen LogP contribution in [0.2, 0.25) is 0 Å². The van der Waals surface area contributed by atoms with E-state index >= 15 is 0 Å². The Balaban J connectivity index is 2.32. The molecule has 1 fully saturated rings. The Morgan fingerprint density at radius 2 is 1.71 bits per heavy atom. The zero-order chi connectivity index (χ0) is 15.8. The van der Waals surface area contributed by atoms with Gasteiger partial charge in [-0.25, -0.2) is 13.1 Å². The van der Waals surface area contributed by atoms with Crippen molar-refractivity contribution in [1.29, 1.82) is 0 Å². The highest BCUT2D eigenvalue weighted by atomic mass is 32.2. The maximum absolute atomic E-state index is 12.7. The molecule has 0 aromatic heterocycles. The Kier molecular flexibility index (Phi) is 4.60. The number of aryl methyl sites for hydroxylation is 2. The molecule has 3 unspecified atom stereocenters. The molecule has 6 heteroatoms. The van der Waals surface area contributed by atoms with E-state index < -0.39 is 10.0 Å². The first-order chi connectivity index (χ1) is 9.76. The number of anilines is 1. The molecule has 0 heterocycles. The third-order valence-corrected chi connectivity index (χ3v) is 6.46. The van der Waals surface area contributed by atoms with Crippen LogP contribution >= 0.6 is 0 Å². The molecule has 0 spiro atoms. The van der Waals surface area contributed by atoms with Crippen molar-refractivity contribution < 1.29 is 8.42 Å². The van der Waals surface area contributed by atoms with Gasteiger partial charge in [0.15, 0.2) is 0 Å². The maximum Gasteiger partial charge on any atom is 0.241 e. The standard InChI is InChI=1S/C15H25N3O2S/c1-9-5-6-14(12(9)4)18-21(19,20)15-10(2)7-13(17-16)8-11(15)3/h7-9,12,14,17-18H,5-6,16H2,1-4H3. The van der Waals surface area contributed by atoms with Gasteiger partial charge in [0.05, 0.1) is 4.90 Å². The summed E-state index contributed by atoms with van der Waals surface area (Å²) in [5, 5.41) is 0. The van der Waals surface area contributed by atoms with Gasteiger partial charge in [0.1, 0.15) is 0 Å². The molecule has 2 rings (SSSR count). The molecule has 1 saturated carbocycles. The molecule has 0 aliphatic heterocycles. The number of benzene rings is 1. The molecular weight excluding hydrogens is 286 g/mol. The van der Waals surface area contributed by atoms with Gasteiger partial charge in [-0.2, -0.15) is 0 Å². The molecule has 4 N–H and O–H groups in total. The van der Waals surface area contributed by atoms with Crippen LogP contribution in [0.15, 0.2) is 17.0 Å². The van der Waals surface area contributed by atoms with Crippen LogP contribution in [0.3, 0.4) is 0 Å². The maximum atomic E-state index is 12.7. The average Bonchev–Trinajstić information content (AvgIpc) is 2.69. The molecule has 0 radical (unpaired) electrons. The van der Waals surface area contributed by atoms with Crippen LogP contribution < -0.4 is 16.0 Å². The summed E-state index contributed by atoms with van der Waals surface area (Å²) in [7, 11) is -3.50. The first-order valence-electron chi connectivity index (χ1n) is 7.36. The van der Waals surface area contributed by atoms with Crippen LogP contribution in [0.1, 0.15) is 37.8 Å². The highest BCUT2D eigenvalue weighted by Gasteiger charge is 2.33. The van der Waals surface area contributed by atoms with E-state index in [-0.39, 0.29) is 6.04 Å². The van der Waals surface area contributed by atoms with Crippen molar-refractivity contribution in [2.75, 3.05) is 5.43 Å². The monoisotopic (exact) mass is 311 g/mol. The first-order valence-corrected chi connectivity index (χ1v) is 8.84. The highest BCUT2D eigenvalue weighted by Crippen LogP contribution is 2.33. The van der Waals surface area contributed by atoms with E-state index in [1.54, 1.807) is 26.0 Å². The second-order valence-electron chi connectivity index (χ2n) is 6.23. The Bertz CT molecular complexity index is 605. The third-order valence-electron chi connectivity index (χ3n) is 4.67. The fourth-order valence-corrected chi connectivity index (χ4v) is 5.06. The van der Waals surface area contributed by atoms with E-state index in [1.165, 1.54) is 0 Å². The van der Waals surface area contributed by atoms with E-state index in [4.69, 9.17) is 5.84 Å². The van der Waals surface area contributed by atoms with Crippen molar-refractivity contribution in [3.63, 3.8) is 0 Å². The van der Waals surface area contributed by atoms with Crippen molar-refractivity contribution in [2.24, 2.45) is 17.7 Å². The van der Waals surface area contributed by atoms with Crippen LogP contribution in [0.5, 0.6) is 0 Å². The number of hydrogen-bond donors (Lipinski definition) is 3. The van der Waals surface area contributed by atoms with Gasteiger partial charge in [-0.1, -0.05) is 13.8 Å². The van der Waals surface area contributed by atoms with Crippen molar-refractivity contribution in [1.82, 2.24) is 4.72 Å². The lowest BCUT2D eigenvalue weighted by molar-refractivity contribution is 0.402. The molecule has 0 bridgehead atoms. The lowest BCUT2D eigenvalue weighted by Crippen LogP contribution is -2.37. The van der Waals surface area contributed by atoms with Gasteiger partial charge in [0.25, 0.3) is 0 Å². The number of hydrogen-bond acceptors (Lipinski definition) is 4. The summed E-state index contributed by atoms with van der Waals surface area (Å²) in [6.07, 6.45) is 1.98. The lowest BCUT2D eigenvalue weighted by Gasteiger charge is -2.21. The van der Waals surface area contributed by atoms with Crippen LogP contribution in [0.4, 0.5) is 5.69 Å². The quantitative estimate of drug-likeness (QED) is 0.588. The molecule has 0 amide bonds. The SMILES string of the molecule is Cc1cc(NN)cc(C)c1S(=O)(=O)NC1CCC(C)C1C. The summed E-state index contributed by atoms with van der Waals surface area (Å²) in [5.41, 5.74) is 4.68. The molecule has 1 aromatic rings. The van der Waals surface area contributed by atoms with Crippen LogP contribution in [-0.4, -0.2) is 14.5 Å². The highest BCUT2D eigenvalue weighted by molar-refractivity contribution is 7.89. The summed E-state index contributed by atoms with van der Waals surface area (Å²) in [4.78, 5) is 0.369. The van der Waals surface area contributed by atoms with E-state index in [0.29, 0.717) is 33.5 Å². The van der Waals surface area contributed by atoms with Crippen LogP contribution in [-0.2, 0) is 10.0 Å². The normalized spacial score (nSPS) is 26.0. The minimum Gasteiger partial charge on any atom is -0.324 e. The number of nitrogens with one attached hydrogen (secondary N) is 2. The summed E-state index contributed by atoms with van der Waals surface area (Å²) in [6, 6.07) is 3.53. The van der Waals surface area contributed by atoms with Crippen molar-refractivity contribution in [2.45, 2.75) is 51.5 Å². The van der Waals surface area contributed by atoms with E-state index in [9.17, 15) is 8.42 Å². The van der Waals surface area contributed by atoms with Crippen molar-refractivity contribution in [3.8, 4) is 0 Å². The zero-order valence-electron chi connectivity index (χ0n) is 13.1. The topological polar surface area (TPSA) is 84.2 Å². The minimum absolute atomic E-state index is 0.0242. The van der Waals surface area contributed by atoms with Gasteiger partial charge in [0, 0.05) is 11.7 Å². The Labute approximate surface area is 127 Å². The second-order valence-corrected chi connectivity index (χ2v) is 7.88. The predicted molar refractivity (Wildman–Crippen MR) is 85.4 cm³/mol. The molecule has 0 saturated heterocycles. The molecule has 1 aliphatic carbocycles. The smallest absolute Gasteiger partial charge is 0.241 e. The fourth-order valence-electron chi connectivity index (χ4n) is 3.25. The summed E-state index contributed by atoms with van der Waals surface area (Å²) in [6.45, 7) is 7.88. The number of rotatable bonds is 4. The minimum atomic E-state index is -3.50. The number of sulfonamides is 1. The fraction of sp³-hybridized carbons (Fsp3) is 0.600. The average molecular weight is 311 g/mol. The lowest BCUT2D eigenvalue weighted by atomic mass is 9.98. The van der Waals surface area contributed by atoms with E-state index in [1.807, 2.05) is 0 Å². The van der Waals surface area contributed by atoms with Gasteiger partial charge in [-0.3, -0.25) is 5.84 Å². The summed E-state index contributed by atoms with van der Waals surface area (Å²) in [5.74, 6) is 6.32. The first kappa shape index (κ1) is 16.3. The molecule has 1 aliphatic rings. The number of nitrogens with two attached hydrogens (primary N) is 1. The molecule has 118 valence electrons. The van der Waals surface area contributed by atoms with E-state index in [0.717, 1.165) is 12.8 Å². The molecule has 3 atom stereocenters.